The lowest BCUT2D eigenvalue weighted by Crippen LogP contribution is -2.17. The van der Waals surface area contributed by atoms with Crippen molar-refractivity contribution in [3.8, 4) is 0 Å². The lowest BCUT2D eigenvalue weighted by molar-refractivity contribution is 0.265. The molecule has 1 aliphatic carbocycles. The Hall–Kier alpha value is -0.530. The number of rotatable bonds is 2. The van der Waals surface area contributed by atoms with Crippen LogP contribution in [0.1, 0.15) is 46.0 Å². The maximum Gasteiger partial charge on any atom is 0.186 e. The standard InChI is InChI=1S/C12H21NO/c1-9(2)11-8-14-12(13-11)10-6-4-3-5-7-10/h9-11H,3-8H2,1-2H3/t11-/m1/s1. The molecule has 0 N–H and O–H groups in total. The molecule has 1 fully saturated rings. The highest BCUT2D eigenvalue weighted by Crippen LogP contribution is 2.28. The van der Waals surface area contributed by atoms with E-state index in [1.165, 1.54) is 32.1 Å². The van der Waals surface area contributed by atoms with Crippen LogP contribution in [0.5, 0.6) is 0 Å². The van der Waals surface area contributed by atoms with Gasteiger partial charge in [0.2, 0.25) is 0 Å². The monoisotopic (exact) mass is 195 g/mol. The van der Waals surface area contributed by atoms with Gasteiger partial charge in [-0.25, -0.2) is 4.99 Å². The summed E-state index contributed by atoms with van der Waals surface area (Å²) in [6.45, 7) is 5.27. The lowest BCUT2D eigenvalue weighted by atomic mass is 9.89. The molecule has 1 atom stereocenters. The highest BCUT2D eigenvalue weighted by Gasteiger charge is 2.28. The van der Waals surface area contributed by atoms with Crippen LogP contribution in [0.3, 0.4) is 0 Å². The predicted molar refractivity (Wildman–Crippen MR) is 58.6 cm³/mol. The highest BCUT2D eigenvalue weighted by atomic mass is 16.5. The molecular weight excluding hydrogens is 174 g/mol. The second-order valence-corrected chi connectivity index (χ2v) is 4.92. The molecule has 1 heterocycles. The summed E-state index contributed by atoms with van der Waals surface area (Å²) < 4.78 is 5.72. The minimum absolute atomic E-state index is 0.423. The van der Waals surface area contributed by atoms with Crippen LogP contribution in [0, 0.1) is 11.8 Å². The molecular formula is C12H21NO. The second kappa shape index (κ2) is 4.33. The lowest BCUT2D eigenvalue weighted by Gasteiger charge is -2.20. The predicted octanol–water partition coefficient (Wildman–Crippen LogP) is 3.02. The SMILES string of the molecule is CC(C)[C@H]1COC(C2CCCCC2)=N1. The number of ether oxygens (including phenoxy) is 1. The van der Waals surface area contributed by atoms with Crippen molar-refractivity contribution in [1.82, 2.24) is 0 Å². The largest absolute Gasteiger partial charge is 0.478 e. The molecule has 0 radical (unpaired) electrons. The van der Waals surface area contributed by atoms with Gasteiger partial charge in [0.25, 0.3) is 0 Å². The van der Waals surface area contributed by atoms with Crippen LogP contribution in [0.4, 0.5) is 0 Å². The molecule has 0 unspecified atom stereocenters. The van der Waals surface area contributed by atoms with E-state index in [0.29, 0.717) is 17.9 Å². The van der Waals surface area contributed by atoms with Crippen molar-refractivity contribution in [3.63, 3.8) is 0 Å². The fraction of sp³-hybridized carbons (Fsp3) is 0.917. The number of hydrogen-bond donors (Lipinski definition) is 0. The Labute approximate surface area is 86.8 Å². The van der Waals surface area contributed by atoms with E-state index in [2.05, 4.69) is 13.8 Å². The molecule has 0 amide bonds. The Bertz CT molecular complexity index is 216. The van der Waals surface area contributed by atoms with Crippen LogP contribution in [0.2, 0.25) is 0 Å². The van der Waals surface area contributed by atoms with Crippen molar-refractivity contribution in [2.24, 2.45) is 16.8 Å². The second-order valence-electron chi connectivity index (χ2n) is 4.92. The normalized spacial score (nSPS) is 29.1. The van der Waals surface area contributed by atoms with Gasteiger partial charge >= 0.3 is 0 Å². The number of nitrogens with zero attached hydrogens (tertiary/aromatic N) is 1. The van der Waals surface area contributed by atoms with Gasteiger partial charge in [-0.2, -0.15) is 0 Å². The molecule has 0 aromatic heterocycles. The third kappa shape index (κ3) is 2.10. The molecule has 0 spiro atoms. The Kier molecular flexibility index (Phi) is 3.09. The van der Waals surface area contributed by atoms with E-state index in [1.54, 1.807) is 0 Å². The van der Waals surface area contributed by atoms with Gasteiger partial charge in [0.15, 0.2) is 5.90 Å². The van der Waals surface area contributed by atoms with Gasteiger partial charge in [0.05, 0.1) is 6.04 Å². The summed E-state index contributed by atoms with van der Waals surface area (Å²) in [7, 11) is 0. The minimum atomic E-state index is 0.423. The minimum Gasteiger partial charge on any atom is -0.478 e. The van der Waals surface area contributed by atoms with Gasteiger partial charge in [0, 0.05) is 5.92 Å². The first-order valence-corrected chi connectivity index (χ1v) is 5.98. The maximum absolute atomic E-state index is 5.72. The number of hydrogen-bond acceptors (Lipinski definition) is 2. The fourth-order valence-electron chi connectivity index (χ4n) is 2.32. The van der Waals surface area contributed by atoms with Crippen LogP contribution in [-0.4, -0.2) is 18.5 Å². The Morgan fingerprint density at radius 1 is 1.21 bits per heavy atom. The molecule has 14 heavy (non-hydrogen) atoms. The molecule has 0 aromatic rings. The Morgan fingerprint density at radius 3 is 2.50 bits per heavy atom. The van der Waals surface area contributed by atoms with Crippen LogP contribution >= 0.6 is 0 Å². The molecule has 2 nitrogen and oxygen atoms in total. The van der Waals surface area contributed by atoms with Crippen molar-refractivity contribution in [1.29, 1.82) is 0 Å². The summed E-state index contributed by atoms with van der Waals surface area (Å²) in [6.07, 6.45) is 6.71. The van der Waals surface area contributed by atoms with Crippen molar-refractivity contribution in [2.45, 2.75) is 52.0 Å². The molecule has 0 aromatic carbocycles. The first-order chi connectivity index (χ1) is 6.77. The molecule has 2 aliphatic rings. The first kappa shape index (κ1) is 10.0. The topological polar surface area (TPSA) is 21.6 Å². The smallest absolute Gasteiger partial charge is 0.186 e. The molecule has 2 heteroatoms. The van der Waals surface area contributed by atoms with E-state index in [9.17, 15) is 0 Å². The zero-order valence-corrected chi connectivity index (χ0v) is 9.33. The zero-order valence-electron chi connectivity index (χ0n) is 9.33. The summed E-state index contributed by atoms with van der Waals surface area (Å²) in [5, 5.41) is 0. The van der Waals surface area contributed by atoms with Gasteiger partial charge in [0.1, 0.15) is 6.61 Å². The van der Waals surface area contributed by atoms with E-state index in [0.717, 1.165) is 12.5 Å². The number of aliphatic imine (C=N–C) groups is 1. The molecule has 2 rings (SSSR count). The van der Waals surface area contributed by atoms with E-state index >= 15 is 0 Å². The van der Waals surface area contributed by atoms with E-state index in [1.807, 2.05) is 0 Å². The van der Waals surface area contributed by atoms with Gasteiger partial charge in [-0.15, -0.1) is 0 Å². The maximum atomic E-state index is 5.72. The van der Waals surface area contributed by atoms with Crippen molar-refractivity contribution < 1.29 is 4.74 Å². The van der Waals surface area contributed by atoms with Crippen molar-refractivity contribution in [3.05, 3.63) is 0 Å². The van der Waals surface area contributed by atoms with E-state index in [-0.39, 0.29) is 0 Å². The average molecular weight is 195 g/mol. The van der Waals surface area contributed by atoms with Gasteiger partial charge in [-0.1, -0.05) is 33.1 Å². The molecule has 0 saturated heterocycles. The summed E-state index contributed by atoms with van der Waals surface area (Å²) in [4.78, 5) is 4.71. The van der Waals surface area contributed by atoms with Crippen molar-refractivity contribution >= 4 is 5.90 Å². The fourth-order valence-corrected chi connectivity index (χ4v) is 2.32. The van der Waals surface area contributed by atoms with E-state index in [4.69, 9.17) is 9.73 Å². The molecule has 1 saturated carbocycles. The molecule has 80 valence electrons. The van der Waals surface area contributed by atoms with Gasteiger partial charge in [-0.05, 0) is 18.8 Å². The van der Waals surface area contributed by atoms with Crippen LogP contribution in [-0.2, 0) is 4.74 Å². The Balaban J connectivity index is 1.94. The third-order valence-electron chi connectivity index (χ3n) is 3.42. The summed E-state index contributed by atoms with van der Waals surface area (Å²) in [5.41, 5.74) is 0. The van der Waals surface area contributed by atoms with Crippen LogP contribution in [0.15, 0.2) is 4.99 Å². The zero-order chi connectivity index (χ0) is 9.97. The van der Waals surface area contributed by atoms with Crippen molar-refractivity contribution in [2.75, 3.05) is 6.61 Å². The first-order valence-electron chi connectivity index (χ1n) is 5.98. The quantitative estimate of drug-likeness (QED) is 0.663. The molecule has 1 aliphatic heterocycles. The summed E-state index contributed by atoms with van der Waals surface area (Å²) >= 11 is 0. The van der Waals surface area contributed by atoms with Crippen LogP contribution < -0.4 is 0 Å². The van der Waals surface area contributed by atoms with Crippen LogP contribution in [0.25, 0.3) is 0 Å². The Morgan fingerprint density at radius 2 is 1.93 bits per heavy atom. The van der Waals surface area contributed by atoms with Gasteiger partial charge in [-0.3, -0.25) is 0 Å². The summed E-state index contributed by atoms with van der Waals surface area (Å²) in [6, 6.07) is 0.423. The highest BCUT2D eigenvalue weighted by molar-refractivity contribution is 5.80. The van der Waals surface area contributed by atoms with E-state index < -0.39 is 0 Å². The summed E-state index contributed by atoms with van der Waals surface area (Å²) in [5.74, 6) is 2.34. The van der Waals surface area contributed by atoms with Gasteiger partial charge < -0.3 is 4.74 Å². The molecule has 0 bridgehead atoms. The average Bonchev–Trinajstić information content (AvgIpc) is 2.68. The third-order valence-corrected chi connectivity index (χ3v) is 3.42.